The van der Waals surface area contributed by atoms with Gasteiger partial charge in [-0.2, -0.15) is 0 Å². The van der Waals surface area contributed by atoms with Gasteiger partial charge in [-0.3, -0.25) is 4.90 Å². The number of hydrogen-bond acceptors (Lipinski definition) is 3. The summed E-state index contributed by atoms with van der Waals surface area (Å²) in [4.78, 5) is 2.06. The molecule has 0 amide bonds. The van der Waals surface area contributed by atoms with Gasteiger partial charge in [0, 0.05) is 31.3 Å². The van der Waals surface area contributed by atoms with Crippen molar-refractivity contribution in [2.24, 2.45) is 0 Å². The number of aliphatic hydroxyl groups is 1. The number of fused-ring (bicyclic) bond motifs is 1. The molecule has 1 aliphatic rings. The van der Waals surface area contributed by atoms with Crippen LogP contribution in [0.1, 0.15) is 22.8 Å². The molecule has 1 aliphatic heterocycles. The summed E-state index contributed by atoms with van der Waals surface area (Å²) >= 11 is 0. The number of β-amino-alcohol motifs (C(OH)–C–C–N with tert-alkyl or cyclic N) is 1. The second-order valence-electron chi connectivity index (χ2n) is 5.80. The van der Waals surface area contributed by atoms with Crippen LogP contribution in [0.3, 0.4) is 0 Å². The zero-order valence-electron chi connectivity index (χ0n) is 12.9. The summed E-state index contributed by atoms with van der Waals surface area (Å²) in [5.41, 5.74) is 2.55. The van der Waals surface area contributed by atoms with Crippen molar-refractivity contribution in [1.29, 1.82) is 0 Å². The van der Waals surface area contributed by atoms with Crippen LogP contribution in [-0.2, 0) is 13.0 Å². The lowest BCUT2D eigenvalue weighted by Gasteiger charge is -2.30. The third-order valence-electron chi connectivity index (χ3n) is 4.26. The maximum absolute atomic E-state index is 13.8. The van der Waals surface area contributed by atoms with Gasteiger partial charge in [0.05, 0.1) is 13.2 Å². The van der Waals surface area contributed by atoms with Crippen molar-refractivity contribution < 1.29 is 18.6 Å². The van der Waals surface area contributed by atoms with Crippen LogP contribution in [0.2, 0.25) is 0 Å². The van der Waals surface area contributed by atoms with Crippen LogP contribution in [0.15, 0.2) is 36.4 Å². The van der Waals surface area contributed by atoms with Gasteiger partial charge in [-0.1, -0.05) is 12.1 Å². The first-order chi connectivity index (χ1) is 11.1. The van der Waals surface area contributed by atoms with E-state index < -0.39 is 17.7 Å². The van der Waals surface area contributed by atoms with E-state index in [1.54, 1.807) is 7.11 Å². The van der Waals surface area contributed by atoms with Gasteiger partial charge in [0.2, 0.25) is 0 Å². The van der Waals surface area contributed by atoms with Gasteiger partial charge in [-0.25, -0.2) is 8.78 Å². The van der Waals surface area contributed by atoms with Gasteiger partial charge in [-0.05, 0) is 35.7 Å². The van der Waals surface area contributed by atoms with Crippen LogP contribution in [0.5, 0.6) is 5.75 Å². The second-order valence-corrected chi connectivity index (χ2v) is 5.80. The largest absolute Gasteiger partial charge is 0.497 e. The first-order valence-electron chi connectivity index (χ1n) is 7.58. The molecule has 0 spiro atoms. The summed E-state index contributed by atoms with van der Waals surface area (Å²) in [5, 5.41) is 10.3. The van der Waals surface area contributed by atoms with Crippen LogP contribution in [0.25, 0.3) is 0 Å². The molecule has 1 unspecified atom stereocenters. The molecule has 0 saturated carbocycles. The Morgan fingerprint density at radius 3 is 2.74 bits per heavy atom. The van der Waals surface area contributed by atoms with Gasteiger partial charge in [-0.15, -0.1) is 0 Å². The summed E-state index contributed by atoms with van der Waals surface area (Å²) in [6.45, 7) is 1.77. The number of hydrogen-bond donors (Lipinski definition) is 1. The first kappa shape index (κ1) is 15.9. The highest BCUT2D eigenvalue weighted by molar-refractivity contribution is 5.37. The van der Waals surface area contributed by atoms with E-state index >= 15 is 0 Å². The van der Waals surface area contributed by atoms with E-state index in [2.05, 4.69) is 11.0 Å². The van der Waals surface area contributed by atoms with Crippen molar-refractivity contribution in [2.45, 2.75) is 19.1 Å². The predicted octanol–water partition coefficient (Wildman–Crippen LogP) is 3.07. The number of aliphatic hydroxyl groups excluding tert-OH is 1. The van der Waals surface area contributed by atoms with Crippen molar-refractivity contribution in [3.8, 4) is 5.75 Å². The molecule has 2 aromatic carbocycles. The fourth-order valence-electron chi connectivity index (χ4n) is 2.99. The minimum absolute atomic E-state index is 0.128. The fourth-order valence-corrected chi connectivity index (χ4v) is 2.99. The summed E-state index contributed by atoms with van der Waals surface area (Å²) < 4.78 is 32.0. The lowest BCUT2D eigenvalue weighted by atomic mass is 9.98. The number of halogens is 2. The Morgan fingerprint density at radius 1 is 1.17 bits per heavy atom. The van der Waals surface area contributed by atoms with Crippen molar-refractivity contribution in [2.75, 3.05) is 20.2 Å². The monoisotopic (exact) mass is 319 g/mol. The molecule has 0 saturated heterocycles. The lowest BCUT2D eigenvalue weighted by Crippen LogP contribution is -2.34. The van der Waals surface area contributed by atoms with E-state index in [0.717, 1.165) is 36.4 Å². The predicted molar refractivity (Wildman–Crippen MR) is 83.3 cm³/mol. The maximum atomic E-state index is 13.8. The van der Waals surface area contributed by atoms with Crippen molar-refractivity contribution >= 4 is 0 Å². The average Bonchev–Trinajstić information content (AvgIpc) is 2.54. The third-order valence-corrected chi connectivity index (χ3v) is 4.26. The number of benzene rings is 2. The summed E-state index contributed by atoms with van der Waals surface area (Å²) in [6, 6.07) is 9.26. The molecule has 0 aliphatic carbocycles. The van der Waals surface area contributed by atoms with Gasteiger partial charge >= 0.3 is 0 Å². The van der Waals surface area contributed by atoms with E-state index in [0.29, 0.717) is 13.1 Å². The number of nitrogens with zero attached hydrogens (tertiary/aromatic N) is 1. The number of rotatable bonds is 4. The molecule has 1 atom stereocenters. The van der Waals surface area contributed by atoms with Crippen molar-refractivity contribution in [1.82, 2.24) is 4.90 Å². The normalized spacial score (nSPS) is 16.0. The lowest BCUT2D eigenvalue weighted by molar-refractivity contribution is 0.103. The summed E-state index contributed by atoms with van der Waals surface area (Å²) in [5.74, 6) is -0.551. The van der Waals surface area contributed by atoms with E-state index in [4.69, 9.17) is 4.74 Å². The van der Waals surface area contributed by atoms with Gasteiger partial charge in [0.25, 0.3) is 0 Å². The Hall–Kier alpha value is -1.98. The molecule has 0 radical (unpaired) electrons. The Kier molecular flexibility index (Phi) is 4.59. The molecular formula is C18H19F2NO2. The van der Waals surface area contributed by atoms with E-state index in [-0.39, 0.29) is 5.56 Å². The van der Waals surface area contributed by atoms with Crippen molar-refractivity contribution in [3.05, 3.63) is 64.7 Å². The molecule has 1 heterocycles. The molecule has 2 aromatic rings. The third kappa shape index (κ3) is 3.51. The molecule has 3 rings (SSSR count). The number of methoxy groups -OCH3 is 1. The molecule has 122 valence electrons. The topological polar surface area (TPSA) is 32.7 Å². The summed E-state index contributed by atoms with van der Waals surface area (Å²) in [7, 11) is 1.63. The summed E-state index contributed by atoms with van der Waals surface area (Å²) in [6.07, 6.45) is -0.111. The van der Waals surface area contributed by atoms with E-state index in [9.17, 15) is 13.9 Å². The van der Waals surface area contributed by atoms with Crippen LogP contribution in [-0.4, -0.2) is 30.2 Å². The highest BCUT2D eigenvalue weighted by Crippen LogP contribution is 2.26. The van der Waals surface area contributed by atoms with E-state index in [1.807, 2.05) is 12.1 Å². The van der Waals surface area contributed by atoms with Gasteiger partial charge < -0.3 is 9.84 Å². The quantitative estimate of drug-likeness (QED) is 0.940. The second kappa shape index (κ2) is 6.64. The Labute approximate surface area is 134 Å². The number of ether oxygens (including phenoxy) is 1. The Balaban J connectivity index is 1.71. The van der Waals surface area contributed by atoms with Gasteiger partial charge in [0.1, 0.15) is 17.4 Å². The Morgan fingerprint density at radius 2 is 2.00 bits per heavy atom. The van der Waals surface area contributed by atoms with E-state index in [1.165, 1.54) is 11.6 Å². The Bertz CT molecular complexity index is 705. The van der Waals surface area contributed by atoms with Crippen LogP contribution in [0.4, 0.5) is 8.78 Å². The molecule has 0 aromatic heterocycles. The molecule has 5 heteroatoms. The zero-order valence-corrected chi connectivity index (χ0v) is 12.9. The van der Waals surface area contributed by atoms with Gasteiger partial charge in [0.15, 0.2) is 0 Å². The molecule has 3 nitrogen and oxygen atoms in total. The minimum atomic E-state index is -0.984. The minimum Gasteiger partial charge on any atom is -0.497 e. The highest BCUT2D eigenvalue weighted by atomic mass is 19.1. The smallest absolute Gasteiger partial charge is 0.131 e. The van der Waals surface area contributed by atoms with Crippen LogP contribution in [0, 0.1) is 11.6 Å². The molecular weight excluding hydrogens is 300 g/mol. The van der Waals surface area contributed by atoms with Crippen molar-refractivity contribution in [3.63, 3.8) is 0 Å². The molecule has 23 heavy (non-hydrogen) atoms. The molecule has 0 fully saturated rings. The average molecular weight is 319 g/mol. The zero-order chi connectivity index (χ0) is 16.4. The molecule has 1 N–H and O–H groups in total. The standard InChI is InChI=1S/C18H19F2NO2/c1-23-15-4-2-12-6-7-21(10-13(12)8-15)11-18(22)16-5-3-14(19)9-17(16)20/h2-5,8-9,18,22H,6-7,10-11H2,1H3. The fraction of sp³-hybridized carbons (Fsp3) is 0.333. The SMILES string of the molecule is COc1ccc2c(c1)CN(CC(O)c1ccc(F)cc1F)CC2. The highest BCUT2D eigenvalue weighted by Gasteiger charge is 2.21. The van der Waals surface area contributed by atoms with Crippen LogP contribution >= 0.6 is 0 Å². The van der Waals surface area contributed by atoms with Crippen LogP contribution < -0.4 is 4.74 Å². The first-order valence-corrected chi connectivity index (χ1v) is 7.58. The molecule has 0 bridgehead atoms. The maximum Gasteiger partial charge on any atom is 0.131 e.